The Hall–Kier alpha value is -3.14. The standard InChI is InChI=1S/C28H29ClF3N5O.ClH/c1-20(22-9-3-2-4-10-22)18-37(19-23-11-6-13-25(27(23)29)28(30,31)32)14-7-15-38-24-12-5-8-21(16-24)17-26-33-35-36-34-26;/h2-6,8-13,16,20H,7,14-15,17-19H2,1H3,(H,33,34,35,36);1H/t20-;/m1./s1. The van der Waals surface area contributed by atoms with Crippen LogP contribution in [0.3, 0.4) is 0 Å². The number of hydrogen-bond acceptors (Lipinski definition) is 5. The molecule has 1 heterocycles. The lowest BCUT2D eigenvalue weighted by atomic mass is 10.00. The minimum absolute atomic E-state index is 0. The minimum Gasteiger partial charge on any atom is -0.494 e. The van der Waals surface area contributed by atoms with Gasteiger partial charge in [0.25, 0.3) is 0 Å². The summed E-state index contributed by atoms with van der Waals surface area (Å²) in [5, 5.41) is 13.7. The summed E-state index contributed by atoms with van der Waals surface area (Å²) >= 11 is 6.21. The van der Waals surface area contributed by atoms with E-state index in [4.69, 9.17) is 16.3 Å². The Morgan fingerprint density at radius 1 is 1.03 bits per heavy atom. The first-order valence-corrected chi connectivity index (χ1v) is 12.7. The number of H-pyrrole nitrogens is 1. The third-order valence-corrected chi connectivity index (χ3v) is 6.66. The summed E-state index contributed by atoms with van der Waals surface area (Å²) in [6, 6.07) is 21.8. The van der Waals surface area contributed by atoms with Gasteiger partial charge in [0.2, 0.25) is 0 Å². The van der Waals surface area contributed by atoms with Crippen molar-refractivity contribution in [2.24, 2.45) is 0 Å². The third-order valence-electron chi connectivity index (χ3n) is 6.22. The number of nitrogens with one attached hydrogen (secondary N) is 1. The number of tetrazole rings is 1. The molecule has 1 atom stereocenters. The van der Waals surface area contributed by atoms with Crippen molar-refractivity contribution in [1.29, 1.82) is 0 Å². The van der Waals surface area contributed by atoms with Crippen LogP contribution >= 0.6 is 24.0 Å². The second kappa shape index (κ2) is 14.3. The molecule has 208 valence electrons. The molecule has 0 unspecified atom stereocenters. The molecule has 0 fully saturated rings. The van der Waals surface area contributed by atoms with Crippen LogP contribution in [0.5, 0.6) is 5.75 Å². The summed E-state index contributed by atoms with van der Waals surface area (Å²) in [5.74, 6) is 1.51. The van der Waals surface area contributed by atoms with Gasteiger partial charge in [-0.05, 0) is 47.2 Å². The fraction of sp³-hybridized carbons (Fsp3) is 0.321. The second-order valence-electron chi connectivity index (χ2n) is 9.18. The lowest BCUT2D eigenvalue weighted by molar-refractivity contribution is -0.137. The fourth-order valence-electron chi connectivity index (χ4n) is 4.33. The highest BCUT2D eigenvalue weighted by atomic mass is 35.5. The van der Waals surface area contributed by atoms with Crippen molar-refractivity contribution in [3.8, 4) is 5.75 Å². The number of hydrogen-bond donors (Lipinski definition) is 1. The first-order chi connectivity index (χ1) is 18.3. The maximum absolute atomic E-state index is 13.4. The zero-order chi connectivity index (χ0) is 27.0. The SMILES string of the molecule is C[C@H](CN(CCCOc1cccc(Cc2nn[nH]n2)c1)Cc1cccc(C(F)(F)F)c1Cl)c1ccccc1.Cl. The Morgan fingerprint density at radius 2 is 1.79 bits per heavy atom. The van der Waals surface area contributed by atoms with Crippen LogP contribution in [0.25, 0.3) is 0 Å². The van der Waals surface area contributed by atoms with Crippen LogP contribution < -0.4 is 4.74 Å². The smallest absolute Gasteiger partial charge is 0.417 e. The van der Waals surface area contributed by atoms with Crippen molar-refractivity contribution < 1.29 is 17.9 Å². The van der Waals surface area contributed by atoms with Gasteiger partial charge in [0, 0.05) is 26.1 Å². The quantitative estimate of drug-likeness (QED) is 0.184. The molecule has 0 spiro atoms. The van der Waals surface area contributed by atoms with Crippen molar-refractivity contribution in [2.75, 3.05) is 19.7 Å². The lowest BCUT2D eigenvalue weighted by Gasteiger charge is -2.27. The Bertz CT molecular complexity index is 1290. The summed E-state index contributed by atoms with van der Waals surface area (Å²) in [7, 11) is 0. The number of ether oxygens (including phenoxy) is 1. The Morgan fingerprint density at radius 3 is 2.51 bits per heavy atom. The molecule has 3 aromatic carbocycles. The van der Waals surface area contributed by atoms with Crippen LogP contribution in [0, 0.1) is 0 Å². The maximum atomic E-state index is 13.4. The van der Waals surface area contributed by atoms with Crippen LogP contribution in [0.15, 0.2) is 72.8 Å². The number of benzene rings is 3. The molecule has 0 saturated heterocycles. The summed E-state index contributed by atoms with van der Waals surface area (Å²) in [6.45, 7) is 4.17. The largest absolute Gasteiger partial charge is 0.494 e. The zero-order valence-electron chi connectivity index (χ0n) is 21.4. The first-order valence-electron chi connectivity index (χ1n) is 12.4. The van der Waals surface area contributed by atoms with Crippen molar-refractivity contribution in [1.82, 2.24) is 25.5 Å². The second-order valence-corrected chi connectivity index (χ2v) is 9.56. The molecule has 39 heavy (non-hydrogen) atoms. The maximum Gasteiger partial charge on any atom is 0.417 e. The predicted octanol–water partition coefficient (Wildman–Crippen LogP) is 6.96. The normalized spacial score (nSPS) is 12.3. The van der Waals surface area contributed by atoms with E-state index < -0.39 is 11.7 Å². The Labute approximate surface area is 236 Å². The van der Waals surface area contributed by atoms with Crippen molar-refractivity contribution in [3.05, 3.63) is 106 Å². The van der Waals surface area contributed by atoms with Gasteiger partial charge < -0.3 is 4.74 Å². The number of aromatic amines is 1. The predicted molar refractivity (Wildman–Crippen MR) is 147 cm³/mol. The molecule has 0 aliphatic heterocycles. The van der Waals surface area contributed by atoms with Crippen LogP contribution in [0.1, 0.15) is 47.3 Å². The van der Waals surface area contributed by atoms with E-state index in [1.807, 2.05) is 42.5 Å². The van der Waals surface area contributed by atoms with E-state index in [1.54, 1.807) is 6.07 Å². The summed E-state index contributed by atoms with van der Waals surface area (Å²) < 4.78 is 46.2. The van der Waals surface area contributed by atoms with Gasteiger partial charge in [-0.15, -0.1) is 22.6 Å². The van der Waals surface area contributed by atoms with Gasteiger partial charge >= 0.3 is 6.18 Å². The first kappa shape index (κ1) is 30.4. The van der Waals surface area contributed by atoms with Crippen LogP contribution in [0.4, 0.5) is 13.2 Å². The fourth-order valence-corrected chi connectivity index (χ4v) is 4.63. The van der Waals surface area contributed by atoms with Gasteiger partial charge in [0.1, 0.15) is 5.75 Å². The monoisotopic (exact) mass is 579 g/mol. The minimum atomic E-state index is -4.50. The van der Waals surface area contributed by atoms with E-state index in [-0.39, 0.29) is 23.3 Å². The van der Waals surface area contributed by atoms with Crippen molar-refractivity contribution in [2.45, 2.75) is 38.4 Å². The molecular weight excluding hydrogens is 550 g/mol. The summed E-state index contributed by atoms with van der Waals surface area (Å²) in [5.41, 5.74) is 1.82. The number of nitrogens with zero attached hydrogens (tertiary/aromatic N) is 4. The van der Waals surface area contributed by atoms with E-state index in [9.17, 15) is 13.2 Å². The van der Waals surface area contributed by atoms with Gasteiger partial charge in [-0.2, -0.15) is 18.4 Å². The molecule has 1 N–H and O–H groups in total. The molecule has 0 bridgehead atoms. The van der Waals surface area contributed by atoms with Gasteiger partial charge in [-0.1, -0.05) is 78.3 Å². The van der Waals surface area contributed by atoms with E-state index in [2.05, 4.69) is 44.6 Å². The average Bonchev–Trinajstić information content (AvgIpc) is 3.41. The van der Waals surface area contributed by atoms with Gasteiger partial charge in [0.15, 0.2) is 5.82 Å². The lowest BCUT2D eigenvalue weighted by Crippen LogP contribution is -2.30. The van der Waals surface area contributed by atoms with Crippen LogP contribution in [-0.2, 0) is 19.1 Å². The number of aromatic nitrogens is 4. The van der Waals surface area contributed by atoms with E-state index >= 15 is 0 Å². The van der Waals surface area contributed by atoms with E-state index in [1.165, 1.54) is 11.6 Å². The molecule has 0 saturated carbocycles. The molecular formula is C28H30Cl2F3N5O. The van der Waals surface area contributed by atoms with Crippen molar-refractivity contribution in [3.63, 3.8) is 0 Å². The molecule has 0 amide bonds. The number of rotatable bonds is 12. The molecule has 4 rings (SSSR count). The molecule has 0 aliphatic carbocycles. The zero-order valence-corrected chi connectivity index (χ0v) is 22.9. The van der Waals surface area contributed by atoms with Gasteiger partial charge in [-0.3, -0.25) is 4.90 Å². The third kappa shape index (κ3) is 8.95. The Kier molecular flexibility index (Phi) is 11.2. The highest BCUT2D eigenvalue weighted by molar-refractivity contribution is 6.32. The van der Waals surface area contributed by atoms with Gasteiger partial charge in [0.05, 0.1) is 17.2 Å². The molecule has 1 aromatic heterocycles. The number of alkyl halides is 3. The summed E-state index contributed by atoms with van der Waals surface area (Å²) in [6.07, 6.45) is -3.27. The topological polar surface area (TPSA) is 66.9 Å². The highest BCUT2D eigenvalue weighted by Gasteiger charge is 2.34. The highest BCUT2D eigenvalue weighted by Crippen LogP contribution is 2.36. The molecule has 11 heteroatoms. The number of halogens is 5. The summed E-state index contributed by atoms with van der Waals surface area (Å²) in [4.78, 5) is 2.13. The average molecular weight is 580 g/mol. The molecule has 0 radical (unpaired) electrons. The molecule has 6 nitrogen and oxygen atoms in total. The van der Waals surface area contributed by atoms with Crippen LogP contribution in [-0.4, -0.2) is 45.2 Å². The molecule has 4 aromatic rings. The van der Waals surface area contributed by atoms with E-state index in [0.29, 0.717) is 50.5 Å². The van der Waals surface area contributed by atoms with Gasteiger partial charge in [-0.25, -0.2) is 0 Å². The van der Waals surface area contributed by atoms with E-state index in [0.717, 1.165) is 17.4 Å². The Balaban J connectivity index is 0.00000420. The molecule has 0 aliphatic rings. The van der Waals surface area contributed by atoms with Crippen molar-refractivity contribution >= 4 is 24.0 Å². The van der Waals surface area contributed by atoms with Crippen LogP contribution in [0.2, 0.25) is 5.02 Å².